The maximum atomic E-state index is 12.3. The number of carbonyl (C=O) groups is 1. The van der Waals surface area contributed by atoms with Crippen molar-refractivity contribution in [1.29, 1.82) is 0 Å². The average molecular weight is 488 g/mol. The molecule has 0 atom stereocenters. The number of nitrogens with one attached hydrogen (secondary N) is 2. The van der Waals surface area contributed by atoms with Gasteiger partial charge in [0.1, 0.15) is 5.75 Å². The number of amides is 1. The molecule has 1 amide bonds. The maximum Gasteiger partial charge on any atom is 0.257 e. The first kappa shape index (κ1) is 20.7. The standard InChI is InChI=1S/C18H21IN2O4S/c1-13-3-4-14(2)17(11-13)26(23,24)21-10-9-20-18(22)12-25-16-7-5-15(19)6-8-16/h3-8,11,21H,9-10,12H2,1-2H3,(H,20,22). The Morgan fingerprint density at radius 3 is 2.46 bits per heavy atom. The van der Waals surface area contributed by atoms with Crippen LogP contribution in [0.2, 0.25) is 0 Å². The quantitative estimate of drug-likeness (QED) is 0.442. The molecular formula is C18H21IN2O4S. The molecule has 0 aromatic heterocycles. The van der Waals surface area contributed by atoms with Crippen LogP contribution >= 0.6 is 22.6 Å². The molecule has 140 valence electrons. The van der Waals surface area contributed by atoms with Crippen LogP contribution < -0.4 is 14.8 Å². The number of halogens is 1. The van der Waals surface area contributed by atoms with Crippen LogP contribution in [0, 0.1) is 17.4 Å². The summed E-state index contributed by atoms with van der Waals surface area (Å²) in [4.78, 5) is 12.0. The summed E-state index contributed by atoms with van der Waals surface area (Å²) in [6.07, 6.45) is 0. The summed E-state index contributed by atoms with van der Waals surface area (Å²) in [6.45, 7) is 3.75. The van der Waals surface area contributed by atoms with E-state index in [1.54, 1.807) is 31.2 Å². The Balaban J connectivity index is 1.76. The average Bonchev–Trinajstić information content (AvgIpc) is 2.60. The van der Waals surface area contributed by atoms with Gasteiger partial charge in [0.05, 0.1) is 4.90 Å². The largest absolute Gasteiger partial charge is 0.484 e. The highest BCUT2D eigenvalue weighted by atomic mass is 127. The van der Waals surface area contributed by atoms with E-state index in [1.165, 1.54) is 0 Å². The molecule has 0 saturated heterocycles. The van der Waals surface area contributed by atoms with Gasteiger partial charge in [-0.1, -0.05) is 12.1 Å². The van der Waals surface area contributed by atoms with E-state index in [1.807, 2.05) is 25.1 Å². The SMILES string of the molecule is Cc1ccc(C)c(S(=O)(=O)NCCNC(=O)COc2ccc(I)cc2)c1. The van der Waals surface area contributed by atoms with E-state index in [2.05, 4.69) is 32.6 Å². The number of aryl methyl sites for hydroxylation is 2. The molecule has 0 aliphatic carbocycles. The fraction of sp³-hybridized carbons (Fsp3) is 0.278. The fourth-order valence-corrected chi connectivity index (χ4v) is 3.91. The van der Waals surface area contributed by atoms with Crippen molar-refractivity contribution < 1.29 is 17.9 Å². The van der Waals surface area contributed by atoms with E-state index in [0.717, 1.165) is 9.13 Å². The van der Waals surface area contributed by atoms with Gasteiger partial charge in [0, 0.05) is 16.7 Å². The van der Waals surface area contributed by atoms with Gasteiger partial charge in [0.15, 0.2) is 6.61 Å². The molecule has 0 fully saturated rings. The molecule has 0 heterocycles. The summed E-state index contributed by atoms with van der Waals surface area (Å²) in [5.74, 6) is 0.297. The predicted octanol–water partition coefficient (Wildman–Crippen LogP) is 2.38. The summed E-state index contributed by atoms with van der Waals surface area (Å²) >= 11 is 2.18. The Labute approximate surface area is 167 Å². The Bertz CT molecular complexity index is 867. The molecule has 0 aliphatic heterocycles. The van der Waals surface area contributed by atoms with Gasteiger partial charge in [-0.05, 0) is 77.9 Å². The van der Waals surface area contributed by atoms with Gasteiger partial charge in [0.2, 0.25) is 10.0 Å². The highest BCUT2D eigenvalue weighted by Crippen LogP contribution is 2.16. The lowest BCUT2D eigenvalue weighted by Gasteiger charge is -2.11. The van der Waals surface area contributed by atoms with Gasteiger partial charge in [0.25, 0.3) is 5.91 Å². The topological polar surface area (TPSA) is 84.5 Å². The zero-order valence-corrected chi connectivity index (χ0v) is 17.6. The molecule has 0 aliphatic rings. The third-order valence-corrected chi connectivity index (χ3v) is 5.88. The lowest BCUT2D eigenvalue weighted by Crippen LogP contribution is -2.37. The molecule has 0 radical (unpaired) electrons. The predicted molar refractivity (Wildman–Crippen MR) is 109 cm³/mol. The molecule has 2 aromatic rings. The number of hydrogen-bond donors (Lipinski definition) is 2. The molecule has 26 heavy (non-hydrogen) atoms. The summed E-state index contributed by atoms with van der Waals surface area (Å²) in [5.41, 5.74) is 1.55. The van der Waals surface area contributed by atoms with Crippen molar-refractivity contribution in [3.63, 3.8) is 0 Å². The second kappa shape index (κ2) is 9.33. The normalized spacial score (nSPS) is 11.2. The molecule has 6 nitrogen and oxygen atoms in total. The smallest absolute Gasteiger partial charge is 0.257 e. The molecule has 0 bridgehead atoms. The second-order valence-electron chi connectivity index (χ2n) is 5.76. The van der Waals surface area contributed by atoms with Crippen molar-refractivity contribution in [2.75, 3.05) is 19.7 Å². The van der Waals surface area contributed by atoms with Gasteiger partial charge < -0.3 is 10.1 Å². The number of ether oxygens (including phenoxy) is 1. The minimum Gasteiger partial charge on any atom is -0.484 e. The van der Waals surface area contributed by atoms with Gasteiger partial charge >= 0.3 is 0 Å². The molecule has 0 unspecified atom stereocenters. The van der Waals surface area contributed by atoms with Crippen molar-refractivity contribution in [3.8, 4) is 5.75 Å². The van der Waals surface area contributed by atoms with Crippen LogP contribution in [0.3, 0.4) is 0 Å². The summed E-state index contributed by atoms with van der Waals surface area (Å²) < 4.78 is 33.6. The number of carbonyl (C=O) groups excluding carboxylic acids is 1. The highest BCUT2D eigenvalue weighted by molar-refractivity contribution is 14.1. The third kappa shape index (κ3) is 6.26. The molecule has 2 aromatic carbocycles. The second-order valence-corrected chi connectivity index (χ2v) is 8.74. The van der Waals surface area contributed by atoms with Crippen LogP contribution in [0.1, 0.15) is 11.1 Å². The zero-order valence-electron chi connectivity index (χ0n) is 14.6. The minimum absolute atomic E-state index is 0.102. The van der Waals surface area contributed by atoms with E-state index >= 15 is 0 Å². The summed E-state index contributed by atoms with van der Waals surface area (Å²) in [7, 11) is -3.60. The van der Waals surface area contributed by atoms with E-state index in [4.69, 9.17) is 4.74 Å². The lowest BCUT2D eigenvalue weighted by atomic mass is 10.2. The third-order valence-electron chi connectivity index (χ3n) is 3.56. The van der Waals surface area contributed by atoms with E-state index in [-0.39, 0.29) is 30.5 Å². The molecule has 8 heteroatoms. The number of sulfonamides is 1. The van der Waals surface area contributed by atoms with Crippen molar-refractivity contribution in [2.24, 2.45) is 0 Å². The Morgan fingerprint density at radius 1 is 1.08 bits per heavy atom. The maximum absolute atomic E-state index is 12.3. The monoisotopic (exact) mass is 488 g/mol. The number of rotatable bonds is 8. The van der Waals surface area contributed by atoms with Gasteiger partial charge in [-0.3, -0.25) is 4.79 Å². The van der Waals surface area contributed by atoms with Crippen LogP contribution in [-0.4, -0.2) is 34.0 Å². The minimum atomic E-state index is -3.60. The van der Waals surface area contributed by atoms with Crippen LogP contribution in [0.4, 0.5) is 0 Å². The first-order valence-corrected chi connectivity index (χ1v) is 10.6. The number of benzene rings is 2. The highest BCUT2D eigenvalue weighted by Gasteiger charge is 2.16. The van der Waals surface area contributed by atoms with E-state index < -0.39 is 10.0 Å². The zero-order chi connectivity index (χ0) is 19.2. The van der Waals surface area contributed by atoms with Crippen molar-refractivity contribution >= 4 is 38.5 Å². The Kier molecular flexibility index (Phi) is 7.42. The van der Waals surface area contributed by atoms with Crippen molar-refractivity contribution in [1.82, 2.24) is 10.0 Å². The van der Waals surface area contributed by atoms with E-state index in [9.17, 15) is 13.2 Å². The van der Waals surface area contributed by atoms with Gasteiger partial charge in [-0.25, -0.2) is 13.1 Å². The molecule has 2 rings (SSSR count). The van der Waals surface area contributed by atoms with Gasteiger partial charge in [-0.15, -0.1) is 0 Å². The van der Waals surface area contributed by atoms with Crippen molar-refractivity contribution in [3.05, 3.63) is 57.2 Å². The van der Waals surface area contributed by atoms with Crippen LogP contribution in [-0.2, 0) is 14.8 Å². The first-order valence-electron chi connectivity index (χ1n) is 8.00. The summed E-state index contributed by atoms with van der Waals surface area (Å²) in [6, 6.07) is 12.6. The van der Waals surface area contributed by atoms with Crippen LogP contribution in [0.5, 0.6) is 5.75 Å². The first-order chi connectivity index (χ1) is 12.3. The summed E-state index contributed by atoms with van der Waals surface area (Å²) in [5, 5.41) is 2.62. The molecule has 0 saturated carbocycles. The Morgan fingerprint density at radius 2 is 1.77 bits per heavy atom. The van der Waals surface area contributed by atoms with E-state index in [0.29, 0.717) is 11.3 Å². The van der Waals surface area contributed by atoms with Crippen LogP contribution in [0.15, 0.2) is 47.4 Å². The van der Waals surface area contributed by atoms with Crippen molar-refractivity contribution in [2.45, 2.75) is 18.7 Å². The van der Waals surface area contributed by atoms with Crippen LogP contribution in [0.25, 0.3) is 0 Å². The Hall–Kier alpha value is -1.65. The fourth-order valence-electron chi connectivity index (χ4n) is 2.19. The molecule has 2 N–H and O–H groups in total. The number of hydrogen-bond acceptors (Lipinski definition) is 4. The lowest BCUT2D eigenvalue weighted by molar-refractivity contribution is -0.123. The van der Waals surface area contributed by atoms with Gasteiger partial charge in [-0.2, -0.15) is 0 Å². The molecular weight excluding hydrogens is 467 g/mol. The molecule has 0 spiro atoms.